The second kappa shape index (κ2) is 15.9. The summed E-state index contributed by atoms with van der Waals surface area (Å²) >= 11 is 0. The van der Waals surface area contributed by atoms with Crippen LogP contribution < -0.4 is 25.6 Å². The summed E-state index contributed by atoms with van der Waals surface area (Å²) < 4.78 is 6.70. The minimum Gasteiger partial charge on any atom is -0.456 e. The van der Waals surface area contributed by atoms with Crippen molar-refractivity contribution in [2.24, 2.45) is 0 Å². The minimum absolute atomic E-state index is 0.230. The van der Waals surface area contributed by atoms with E-state index in [1.807, 2.05) is 0 Å². The molecular weight excluding hydrogens is 815 g/mol. The third kappa shape index (κ3) is 6.30. The largest absolute Gasteiger partial charge is 0.456 e. The molecule has 0 N–H and O–H groups in total. The molecule has 0 aliphatic heterocycles. The summed E-state index contributed by atoms with van der Waals surface area (Å²) in [6.45, 7) is 4.76. The van der Waals surface area contributed by atoms with E-state index < -0.39 is 8.07 Å². The van der Waals surface area contributed by atoms with Crippen LogP contribution in [0.1, 0.15) is 25.0 Å². The minimum atomic E-state index is -2.76. The van der Waals surface area contributed by atoms with Gasteiger partial charge in [0.15, 0.2) is 8.07 Å². The molecule has 66 heavy (non-hydrogen) atoms. The molecule has 12 rings (SSSR count). The Morgan fingerprint density at radius 1 is 0.379 bits per heavy atom. The third-order valence-corrected chi connectivity index (χ3v) is 18.8. The fourth-order valence-electron chi connectivity index (χ4n) is 10.9. The third-order valence-electron chi connectivity index (χ3n) is 14.0. The molecule has 0 unspecified atom stereocenters. The van der Waals surface area contributed by atoms with Gasteiger partial charge in [0, 0.05) is 22.2 Å². The van der Waals surface area contributed by atoms with E-state index in [2.05, 4.69) is 267 Å². The summed E-state index contributed by atoms with van der Waals surface area (Å²) in [5.41, 5.74) is 14.9. The number of hydrogen-bond acceptors (Lipinski definition) is 2. The maximum Gasteiger partial charge on any atom is 0.179 e. The summed E-state index contributed by atoms with van der Waals surface area (Å²) in [5.74, 6) is 0. The zero-order valence-corrected chi connectivity index (χ0v) is 38.0. The fraction of sp³-hybridized carbons (Fsp3) is 0.0476. The molecular formula is C63H47NOSi. The second-order valence-electron chi connectivity index (χ2n) is 18.0. The van der Waals surface area contributed by atoms with Crippen LogP contribution in [0.4, 0.5) is 17.1 Å². The Morgan fingerprint density at radius 2 is 0.924 bits per heavy atom. The first kappa shape index (κ1) is 39.6. The van der Waals surface area contributed by atoms with Crippen molar-refractivity contribution in [3.05, 3.63) is 260 Å². The van der Waals surface area contributed by atoms with Gasteiger partial charge in [-0.05, 0) is 114 Å². The Hall–Kier alpha value is -7.98. The van der Waals surface area contributed by atoms with Crippen molar-refractivity contribution < 1.29 is 4.42 Å². The molecule has 1 aliphatic carbocycles. The maximum absolute atomic E-state index is 6.70. The van der Waals surface area contributed by atoms with E-state index >= 15 is 0 Å². The lowest BCUT2D eigenvalue weighted by atomic mass is 9.81. The smallest absolute Gasteiger partial charge is 0.179 e. The van der Waals surface area contributed by atoms with E-state index in [9.17, 15) is 0 Å². The van der Waals surface area contributed by atoms with Crippen LogP contribution in [0.3, 0.4) is 0 Å². The predicted octanol–water partition coefficient (Wildman–Crippen LogP) is 14.1. The molecule has 314 valence electrons. The first-order valence-electron chi connectivity index (χ1n) is 22.9. The molecule has 1 aliphatic rings. The summed E-state index contributed by atoms with van der Waals surface area (Å²) in [7, 11) is -2.76. The normalized spacial score (nSPS) is 12.8. The van der Waals surface area contributed by atoms with Crippen molar-refractivity contribution in [3.63, 3.8) is 0 Å². The Kier molecular flexibility index (Phi) is 9.55. The lowest BCUT2D eigenvalue weighted by molar-refractivity contribution is 0.660. The van der Waals surface area contributed by atoms with E-state index in [0.717, 1.165) is 44.6 Å². The number of rotatable bonds is 9. The molecule has 11 aromatic rings. The highest BCUT2D eigenvalue weighted by Crippen LogP contribution is 2.54. The summed E-state index contributed by atoms with van der Waals surface area (Å²) in [6, 6.07) is 91.5. The van der Waals surface area contributed by atoms with Crippen molar-refractivity contribution in [1.29, 1.82) is 0 Å². The van der Waals surface area contributed by atoms with Crippen molar-refractivity contribution in [2.45, 2.75) is 19.3 Å². The molecule has 0 saturated heterocycles. The standard InChI is InChI=1S/C63H47NOSi/c1-63(2)56-31-18-30-53(45-22-10-4-11-23-45)61(56)54-40-37-48(43-57(54)63)64(58-32-19-33-60-62(58)55-42-46(34-41-59(55)65-60)44-20-8-3-9-21-44)47-35-38-52(39-36-47)66(49-24-12-5-13-25-49,50-26-14-6-15-27-50)51-28-16-7-17-29-51/h3-43H,1-2H3. The number of furan rings is 1. The molecule has 0 fully saturated rings. The maximum atomic E-state index is 6.70. The van der Waals surface area contributed by atoms with Crippen LogP contribution in [-0.2, 0) is 5.41 Å². The van der Waals surface area contributed by atoms with Crippen LogP contribution in [0.15, 0.2) is 253 Å². The van der Waals surface area contributed by atoms with Gasteiger partial charge in [-0.2, -0.15) is 0 Å². The molecule has 10 aromatic carbocycles. The average molecular weight is 862 g/mol. The van der Waals surface area contributed by atoms with Gasteiger partial charge < -0.3 is 9.32 Å². The summed E-state index contributed by atoms with van der Waals surface area (Å²) in [5, 5.41) is 7.57. The monoisotopic (exact) mass is 861 g/mol. The van der Waals surface area contributed by atoms with Crippen LogP contribution in [-0.4, -0.2) is 8.07 Å². The van der Waals surface area contributed by atoms with E-state index in [4.69, 9.17) is 4.42 Å². The highest BCUT2D eigenvalue weighted by molar-refractivity contribution is 7.19. The lowest BCUT2D eigenvalue weighted by Crippen LogP contribution is -2.74. The van der Waals surface area contributed by atoms with Crippen molar-refractivity contribution in [2.75, 3.05) is 4.90 Å². The Bertz CT molecular complexity index is 3430. The van der Waals surface area contributed by atoms with E-state index in [-0.39, 0.29) is 5.41 Å². The number of hydrogen-bond donors (Lipinski definition) is 0. The van der Waals surface area contributed by atoms with Crippen molar-refractivity contribution in [3.8, 4) is 33.4 Å². The zero-order chi connectivity index (χ0) is 44.2. The number of nitrogens with zero attached hydrogens (tertiary/aromatic N) is 1. The van der Waals surface area contributed by atoms with Crippen LogP contribution in [0.25, 0.3) is 55.3 Å². The molecule has 1 heterocycles. The summed E-state index contributed by atoms with van der Waals surface area (Å²) in [6.07, 6.45) is 0. The Labute approximate surface area is 387 Å². The SMILES string of the molecule is CC1(C)c2cc(N(c3ccc([Si](c4ccccc4)(c4ccccc4)c4ccccc4)cc3)c3cccc4oc5ccc(-c6ccccc6)cc5c34)ccc2-c2c(-c3ccccc3)cccc21. The summed E-state index contributed by atoms with van der Waals surface area (Å²) in [4.78, 5) is 2.46. The van der Waals surface area contributed by atoms with Crippen LogP contribution in [0, 0.1) is 0 Å². The van der Waals surface area contributed by atoms with Gasteiger partial charge in [0.1, 0.15) is 11.2 Å². The molecule has 1 aromatic heterocycles. The van der Waals surface area contributed by atoms with E-state index in [1.54, 1.807) is 0 Å². The van der Waals surface area contributed by atoms with Crippen LogP contribution >= 0.6 is 0 Å². The Balaban J connectivity index is 1.09. The van der Waals surface area contributed by atoms with Gasteiger partial charge >= 0.3 is 0 Å². The van der Waals surface area contributed by atoms with Gasteiger partial charge in [0.2, 0.25) is 0 Å². The van der Waals surface area contributed by atoms with Gasteiger partial charge in [0.05, 0.1) is 11.1 Å². The van der Waals surface area contributed by atoms with Crippen molar-refractivity contribution in [1.82, 2.24) is 0 Å². The molecule has 2 nitrogen and oxygen atoms in total. The second-order valence-corrected chi connectivity index (χ2v) is 21.8. The fourth-order valence-corrected chi connectivity index (χ4v) is 15.7. The molecule has 3 heteroatoms. The quantitative estimate of drug-likeness (QED) is 0.106. The topological polar surface area (TPSA) is 16.4 Å². The number of benzene rings is 10. The predicted molar refractivity (Wildman–Crippen MR) is 280 cm³/mol. The highest BCUT2D eigenvalue weighted by atomic mass is 28.3. The molecule has 0 saturated carbocycles. The van der Waals surface area contributed by atoms with Gasteiger partial charge in [0.25, 0.3) is 0 Å². The first-order valence-corrected chi connectivity index (χ1v) is 24.9. The Morgan fingerprint density at radius 3 is 1.55 bits per heavy atom. The zero-order valence-electron chi connectivity index (χ0n) is 37.0. The van der Waals surface area contributed by atoms with E-state index in [1.165, 1.54) is 59.7 Å². The van der Waals surface area contributed by atoms with E-state index in [0.29, 0.717) is 0 Å². The average Bonchev–Trinajstić information content (AvgIpc) is 3.88. The van der Waals surface area contributed by atoms with Gasteiger partial charge in [-0.1, -0.05) is 214 Å². The number of anilines is 3. The van der Waals surface area contributed by atoms with Crippen LogP contribution in [0.5, 0.6) is 0 Å². The molecule has 0 bridgehead atoms. The van der Waals surface area contributed by atoms with Gasteiger partial charge in [-0.3, -0.25) is 0 Å². The molecule has 0 atom stereocenters. The highest BCUT2D eigenvalue weighted by Gasteiger charge is 2.42. The lowest BCUT2D eigenvalue weighted by Gasteiger charge is -2.35. The van der Waals surface area contributed by atoms with Crippen LogP contribution in [0.2, 0.25) is 0 Å². The molecule has 0 amide bonds. The molecule has 0 spiro atoms. The van der Waals surface area contributed by atoms with Gasteiger partial charge in [-0.15, -0.1) is 0 Å². The molecule has 0 radical (unpaired) electrons. The first-order chi connectivity index (χ1) is 32.5. The van der Waals surface area contributed by atoms with Crippen molar-refractivity contribution >= 4 is 67.8 Å². The van der Waals surface area contributed by atoms with Gasteiger partial charge in [-0.25, -0.2) is 0 Å². The number of fused-ring (bicyclic) bond motifs is 6.